The number of rotatable bonds is 9. The number of hydrogen-bond donors (Lipinski definition) is 2. The topological polar surface area (TPSA) is 66.0 Å². The van der Waals surface area contributed by atoms with E-state index in [1.807, 2.05) is 0 Å². The zero-order valence-corrected chi connectivity index (χ0v) is 16.8. The highest BCUT2D eigenvalue weighted by Crippen LogP contribution is 2.18. The van der Waals surface area contributed by atoms with Gasteiger partial charge in [0.1, 0.15) is 6.54 Å². The first-order valence-corrected chi connectivity index (χ1v) is 7.14. The third-order valence-corrected chi connectivity index (χ3v) is 3.00. The molecule has 0 radical (unpaired) electrons. The predicted molar refractivity (Wildman–Crippen MR) is 103 cm³/mol. The van der Waals surface area contributed by atoms with Crippen molar-refractivity contribution in [1.29, 1.82) is 0 Å². The van der Waals surface area contributed by atoms with E-state index in [0.29, 0.717) is 12.5 Å². The Hall–Kier alpha value is -0.830. The molecule has 0 fully saturated rings. The average molecular weight is 426 g/mol. The number of nitrogens with zero attached hydrogens (tertiary/aromatic N) is 2. The number of amides is 1. The number of hydrogen-bond acceptors (Lipinski definition) is 3. The number of halogens is 1. The molecule has 0 aromatic heterocycles. The number of likely N-dealkylation sites (N-methyl/N-ethyl adjacent to an activating group) is 1. The Morgan fingerprint density at radius 3 is 2.50 bits per heavy atom. The number of carbonyl (C=O) groups excluding carboxylic acids is 1. The van der Waals surface area contributed by atoms with Gasteiger partial charge in [0, 0.05) is 40.9 Å². The molecule has 0 heterocycles. The Balaban J connectivity index is 0. The lowest BCUT2D eigenvalue weighted by molar-refractivity contribution is -0.127. The summed E-state index contributed by atoms with van der Waals surface area (Å²) < 4.78 is 5.12. The number of carbonyl (C=O) groups is 1. The summed E-state index contributed by atoms with van der Waals surface area (Å²) in [5.41, 5.74) is 0.0815. The summed E-state index contributed by atoms with van der Waals surface area (Å²) in [6.45, 7) is 10.2. The summed E-state index contributed by atoms with van der Waals surface area (Å²) in [5.74, 6) is 0.587. The van der Waals surface area contributed by atoms with Crippen molar-refractivity contribution >= 4 is 35.8 Å². The fraction of sp³-hybridized carbons (Fsp3) is 0.733. The van der Waals surface area contributed by atoms with E-state index in [0.717, 1.165) is 19.6 Å². The van der Waals surface area contributed by atoms with E-state index in [9.17, 15) is 4.79 Å². The maximum atomic E-state index is 11.6. The maximum absolute atomic E-state index is 11.6. The van der Waals surface area contributed by atoms with Crippen LogP contribution >= 0.6 is 24.0 Å². The van der Waals surface area contributed by atoms with Crippen molar-refractivity contribution in [2.45, 2.75) is 20.3 Å². The lowest BCUT2D eigenvalue weighted by Gasteiger charge is -2.25. The van der Waals surface area contributed by atoms with Crippen LogP contribution in [-0.4, -0.2) is 64.2 Å². The van der Waals surface area contributed by atoms with Gasteiger partial charge in [0.25, 0.3) is 0 Å². The van der Waals surface area contributed by atoms with E-state index in [-0.39, 0.29) is 41.8 Å². The lowest BCUT2D eigenvalue weighted by Crippen LogP contribution is -2.43. The van der Waals surface area contributed by atoms with Gasteiger partial charge in [-0.15, -0.1) is 30.6 Å². The van der Waals surface area contributed by atoms with E-state index in [4.69, 9.17) is 4.74 Å². The van der Waals surface area contributed by atoms with Crippen LogP contribution in [0.2, 0.25) is 0 Å². The van der Waals surface area contributed by atoms with Gasteiger partial charge in [0.15, 0.2) is 5.96 Å². The molecular formula is C15H31IN4O2. The molecule has 0 bridgehead atoms. The maximum Gasteiger partial charge on any atom is 0.243 e. The first-order valence-electron chi connectivity index (χ1n) is 7.14. The molecule has 0 aliphatic rings. The second-order valence-corrected chi connectivity index (χ2v) is 5.88. The average Bonchev–Trinajstić information content (AvgIpc) is 2.43. The molecule has 0 saturated carbocycles. The molecule has 0 aromatic rings. The van der Waals surface area contributed by atoms with Crippen LogP contribution in [0.3, 0.4) is 0 Å². The van der Waals surface area contributed by atoms with Gasteiger partial charge >= 0.3 is 0 Å². The molecule has 0 atom stereocenters. The number of guanidine groups is 1. The molecule has 0 aliphatic carbocycles. The Morgan fingerprint density at radius 2 is 2.00 bits per heavy atom. The molecule has 0 saturated heterocycles. The van der Waals surface area contributed by atoms with Gasteiger partial charge in [-0.25, -0.2) is 4.99 Å². The summed E-state index contributed by atoms with van der Waals surface area (Å²) in [6.07, 6.45) is 2.70. The van der Waals surface area contributed by atoms with Gasteiger partial charge in [-0.1, -0.05) is 19.9 Å². The second kappa shape index (κ2) is 12.7. The van der Waals surface area contributed by atoms with E-state index in [1.165, 1.54) is 4.90 Å². The van der Waals surface area contributed by atoms with Gasteiger partial charge in [-0.05, 0) is 11.8 Å². The van der Waals surface area contributed by atoms with Crippen molar-refractivity contribution in [2.75, 3.05) is 47.4 Å². The first kappa shape index (κ1) is 23.4. The lowest BCUT2D eigenvalue weighted by atomic mass is 9.90. The van der Waals surface area contributed by atoms with Gasteiger partial charge in [-0.2, -0.15) is 0 Å². The van der Waals surface area contributed by atoms with Gasteiger partial charge in [0.2, 0.25) is 5.91 Å². The molecule has 0 rings (SSSR count). The fourth-order valence-corrected chi connectivity index (χ4v) is 1.42. The Morgan fingerprint density at radius 1 is 1.36 bits per heavy atom. The van der Waals surface area contributed by atoms with Crippen LogP contribution in [0.15, 0.2) is 17.6 Å². The van der Waals surface area contributed by atoms with E-state index in [1.54, 1.807) is 27.3 Å². The van der Waals surface area contributed by atoms with Crippen LogP contribution in [0.4, 0.5) is 0 Å². The second-order valence-electron chi connectivity index (χ2n) is 5.88. The molecule has 2 N–H and O–H groups in total. The van der Waals surface area contributed by atoms with Gasteiger partial charge < -0.3 is 20.3 Å². The number of ether oxygens (including phenoxy) is 1. The molecule has 0 unspecified atom stereocenters. The first-order chi connectivity index (χ1) is 9.82. The molecule has 1 amide bonds. The van der Waals surface area contributed by atoms with Crippen LogP contribution < -0.4 is 10.6 Å². The van der Waals surface area contributed by atoms with Crippen LogP contribution in [0.5, 0.6) is 0 Å². The molecule has 22 heavy (non-hydrogen) atoms. The standard InChI is InChI=1S/C15H30N4O2.HI/c1-7-9-16-14(17-11-13(20)19(4)5)18-12-15(2,3)8-10-21-6;/h7H,1,8-12H2,2-6H3,(H2,16,17,18);1H. The summed E-state index contributed by atoms with van der Waals surface area (Å²) in [4.78, 5) is 17.4. The predicted octanol–water partition coefficient (Wildman–Crippen LogP) is 1.48. The molecule has 6 nitrogen and oxygen atoms in total. The number of nitrogens with one attached hydrogen (secondary N) is 2. The fourth-order valence-electron chi connectivity index (χ4n) is 1.42. The minimum absolute atomic E-state index is 0. The quantitative estimate of drug-likeness (QED) is 0.254. The molecule has 130 valence electrons. The zero-order valence-electron chi connectivity index (χ0n) is 14.4. The highest BCUT2D eigenvalue weighted by molar-refractivity contribution is 14.0. The minimum Gasteiger partial charge on any atom is -0.385 e. The minimum atomic E-state index is -0.0339. The van der Waals surface area contributed by atoms with E-state index >= 15 is 0 Å². The van der Waals surface area contributed by atoms with Gasteiger partial charge in [-0.3, -0.25) is 4.79 Å². The van der Waals surface area contributed by atoms with Crippen molar-refractivity contribution < 1.29 is 9.53 Å². The molecule has 0 spiro atoms. The zero-order chi connectivity index (χ0) is 16.3. The molecule has 7 heteroatoms. The van der Waals surface area contributed by atoms with Crippen molar-refractivity contribution in [2.24, 2.45) is 10.4 Å². The Kier molecular flexibility index (Phi) is 13.5. The highest BCUT2D eigenvalue weighted by atomic mass is 127. The smallest absolute Gasteiger partial charge is 0.243 e. The molecular weight excluding hydrogens is 395 g/mol. The summed E-state index contributed by atoms with van der Waals surface area (Å²) in [7, 11) is 5.14. The van der Waals surface area contributed by atoms with Crippen molar-refractivity contribution in [3.63, 3.8) is 0 Å². The largest absolute Gasteiger partial charge is 0.385 e. The SMILES string of the molecule is C=CCNC(=NCC(=O)N(C)C)NCC(C)(C)CCOC.I. The number of aliphatic imine (C=N–C) groups is 1. The van der Waals surface area contributed by atoms with Crippen LogP contribution in [0, 0.1) is 5.41 Å². The Labute approximate surface area is 151 Å². The van der Waals surface area contributed by atoms with Crippen LogP contribution in [-0.2, 0) is 9.53 Å². The Bertz CT molecular complexity index is 357. The van der Waals surface area contributed by atoms with E-state index < -0.39 is 0 Å². The van der Waals surface area contributed by atoms with E-state index in [2.05, 4.69) is 36.1 Å². The van der Waals surface area contributed by atoms with Crippen molar-refractivity contribution in [3.8, 4) is 0 Å². The van der Waals surface area contributed by atoms with Crippen LogP contribution in [0.25, 0.3) is 0 Å². The third kappa shape index (κ3) is 11.8. The third-order valence-electron chi connectivity index (χ3n) is 3.00. The highest BCUT2D eigenvalue weighted by Gasteiger charge is 2.18. The molecule has 0 aromatic carbocycles. The normalized spacial score (nSPS) is 11.4. The van der Waals surface area contributed by atoms with Crippen LogP contribution in [0.1, 0.15) is 20.3 Å². The van der Waals surface area contributed by atoms with Crippen molar-refractivity contribution in [3.05, 3.63) is 12.7 Å². The number of methoxy groups -OCH3 is 1. The summed E-state index contributed by atoms with van der Waals surface area (Å²) >= 11 is 0. The monoisotopic (exact) mass is 426 g/mol. The molecule has 0 aliphatic heterocycles. The summed E-state index contributed by atoms with van der Waals surface area (Å²) in [5, 5.41) is 6.37. The van der Waals surface area contributed by atoms with Crippen molar-refractivity contribution in [1.82, 2.24) is 15.5 Å². The summed E-state index contributed by atoms with van der Waals surface area (Å²) in [6, 6.07) is 0. The van der Waals surface area contributed by atoms with Gasteiger partial charge in [0.05, 0.1) is 0 Å².